The zero-order chi connectivity index (χ0) is 13.5. The number of carbonyl (C=O) groups is 1. The summed E-state index contributed by atoms with van der Waals surface area (Å²) in [4.78, 5) is 11.4. The van der Waals surface area contributed by atoms with Crippen LogP contribution in [0.1, 0.15) is 31.9 Å². The van der Waals surface area contributed by atoms with Gasteiger partial charge in [0.1, 0.15) is 0 Å². The molecule has 1 aromatic rings. The second kappa shape index (κ2) is 6.77. The summed E-state index contributed by atoms with van der Waals surface area (Å²) in [6.07, 6.45) is 0.306. The van der Waals surface area contributed by atoms with E-state index < -0.39 is 6.04 Å². The van der Waals surface area contributed by atoms with E-state index >= 15 is 0 Å². The Bertz CT molecular complexity index is 422. The van der Waals surface area contributed by atoms with Gasteiger partial charge in [0.2, 0.25) is 5.91 Å². The van der Waals surface area contributed by atoms with Crippen LogP contribution in [-0.4, -0.2) is 11.9 Å². The Kier molecular flexibility index (Phi) is 5.34. The molecule has 0 heterocycles. The Labute approximate surface area is 108 Å². The first-order chi connectivity index (χ1) is 8.56. The number of carbonyl (C=O) groups excluding carboxylic acids is 1. The molecule has 0 aliphatic carbocycles. The smallest absolute Gasteiger partial charge is 0.234 e. The standard InChI is InChI=1S/C14H19N3O/c1-10(2)13(14(16)18)17-12(8-9-15)11-6-4-3-5-7-11/h3-7,10,12-13,17H,8H2,1-2H3,(H2,16,18). The van der Waals surface area contributed by atoms with Gasteiger partial charge in [0.15, 0.2) is 0 Å². The number of nitrogens with zero attached hydrogens (tertiary/aromatic N) is 1. The summed E-state index contributed by atoms with van der Waals surface area (Å²) >= 11 is 0. The Hall–Kier alpha value is -1.86. The Morgan fingerprint density at radius 2 is 2.00 bits per heavy atom. The number of benzene rings is 1. The van der Waals surface area contributed by atoms with Crippen LogP contribution in [0.5, 0.6) is 0 Å². The fraction of sp³-hybridized carbons (Fsp3) is 0.429. The van der Waals surface area contributed by atoms with E-state index in [-0.39, 0.29) is 17.9 Å². The van der Waals surface area contributed by atoms with Crippen molar-refractivity contribution in [2.75, 3.05) is 0 Å². The normalized spacial score (nSPS) is 13.9. The Morgan fingerprint density at radius 1 is 1.39 bits per heavy atom. The second-order valence-electron chi connectivity index (χ2n) is 4.62. The monoisotopic (exact) mass is 245 g/mol. The number of nitriles is 1. The lowest BCUT2D eigenvalue weighted by Gasteiger charge is -2.25. The number of rotatable bonds is 6. The van der Waals surface area contributed by atoms with Crippen LogP contribution in [-0.2, 0) is 4.79 Å². The first-order valence-corrected chi connectivity index (χ1v) is 6.03. The molecule has 1 rings (SSSR count). The lowest BCUT2D eigenvalue weighted by molar-refractivity contribution is -0.121. The SMILES string of the molecule is CC(C)C(NC(CC#N)c1ccccc1)C(N)=O. The van der Waals surface area contributed by atoms with E-state index in [0.29, 0.717) is 6.42 Å². The molecular weight excluding hydrogens is 226 g/mol. The number of primary amides is 1. The van der Waals surface area contributed by atoms with Crippen molar-refractivity contribution in [2.24, 2.45) is 11.7 Å². The number of amides is 1. The average molecular weight is 245 g/mol. The second-order valence-corrected chi connectivity index (χ2v) is 4.62. The summed E-state index contributed by atoms with van der Waals surface area (Å²) in [5, 5.41) is 12.1. The molecule has 0 aliphatic rings. The third kappa shape index (κ3) is 3.86. The average Bonchev–Trinajstić information content (AvgIpc) is 2.34. The molecule has 0 radical (unpaired) electrons. The van der Waals surface area contributed by atoms with Gasteiger partial charge in [-0.1, -0.05) is 44.2 Å². The van der Waals surface area contributed by atoms with Crippen LogP contribution < -0.4 is 11.1 Å². The maximum Gasteiger partial charge on any atom is 0.234 e. The predicted octanol–water partition coefficient (Wildman–Crippen LogP) is 1.74. The third-order valence-corrected chi connectivity index (χ3v) is 2.85. The van der Waals surface area contributed by atoms with E-state index in [2.05, 4.69) is 11.4 Å². The highest BCUT2D eigenvalue weighted by atomic mass is 16.1. The maximum absolute atomic E-state index is 11.4. The summed E-state index contributed by atoms with van der Waals surface area (Å²) in [5.41, 5.74) is 6.37. The van der Waals surface area contributed by atoms with Gasteiger partial charge < -0.3 is 5.73 Å². The van der Waals surface area contributed by atoms with Crippen molar-refractivity contribution in [1.29, 1.82) is 5.26 Å². The molecule has 0 fully saturated rings. The van der Waals surface area contributed by atoms with Crippen molar-refractivity contribution in [3.63, 3.8) is 0 Å². The van der Waals surface area contributed by atoms with Crippen molar-refractivity contribution < 1.29 is 4.79 Å². The van der Waals surface area contributed by atoms with Crippen LogP contribution in [0.25, 0.3) is 0 Å². The van der Waals surface area contributed by atoms with Gasteiger partial charge in [-0.3, -0.25) is 10.1 Å². The van der Waals surface area contributed by atoms with Gasteiger partial charge in [-0.05, 0) is 11.5 Å². The van der Waals surface area contributed by atoms with E-state index in [4.69, 9.17) is 11.0 Å². The van der Waals surface area contributed by atoms with Gasteiger partial charge in [0.05, 0.1) is 18.5 Å². The molecule has 0 saturated heterocycles. The minimum absolute atomic E-state index is 0.0902. The molecule has 0 aliphatic heterocycles. The molecule has 3 N–H and O–H groups in total. The van der Waals surface area contributed by atoms with Crippen LogP contribution in [0.2, 0.25) is 0 Å². The molecule has 1 amide bonds. The first kappa shape index (κ1) is 14.2. The number of hydrogen-bond acceptors (Lipinski definition) is 3. The maximum atomic E-state index is 11.4. The molecule has 18 heavy (non-hydrogen) atoms. The van der Waals surface area contributed by atoms with Crippen LogP contribution >= 0.6 is 0 Å². The minimum atomic E-state index is -0.427. The van der Waals surface area contributed by atoms with Crippen molar-refractivity contribution >= 4 is 5.91 Å². The molecule has 96 valence electrons. The summed E-state index contributed by atoms with van der Waals surface area (Å²) in [6, 6.07) is 11.2. The largest absolute Gasteiger partial charge is 0.368 e. The van der Waals surface area contributed by atoms with Gasteiger partial charge in [0.25, 0.3) is 0 Å². The van der Waals surface area contributed by atoms with Crippen LogP contribution in [0, 0.1) is 17.2 Å². The zero-order valence-electron chi connectivity index (χ0n) is 10.8. The van der Waals surface area contributed by atoms with Gasteiger partial charge in [-0.25, -0.2) is 0 Å². The third-order valence-electron chi connectivity index (χ3n) is 2.85. The zero-order valence-corrected chi connectivity index (χ0v) is 10.8. The number of hydrogen-bond donors (Lipinski definition) is 2. The topological polar surface area (TPSA) is 78.9 Å². The van der Waals surface area contributed by atoms with Crippen LogP contribution in [0.4, 0.5) is 0 Å². The minimum Gasteiger partial charge on any atom is -0.368 e. The predicted molar refractivity (Wildman–Crippen MR) is 70.4 cm³/mol. The van der Waals surface area contributed by atoms with Gasteiger partial charge in [0, 0.05) is 6.04 Å². The lowest BCUT2D eigenvalue weighted by atomic mass is 9.98. The summed E-state index contributed by atoms with van der Waals surface area (Å²) < 4.78 is 0. The highest BCUT2D eigenvalue weighted by Crippen LogP contribution is 2.18. The molecule has 0 spiro atoms. The molecule has 1 aromatic carbocycles. The molecule has 0 aromatic heterocycles. The highest BCUT2D eigenvalue weighted by Gasteiger charge is 2.23. The molecule has 2 atom stereocenters. The highest BCUT2D eigenvalue weighted by molar-refractivity contribution is 5.80. The quantitative estimate of drug-likeness (QED) is 0.801. The fourth-order valence-electron chi connectivity index (χ4n) is 1.87. The van der Waals surface area contributed by atoms with Crippen molar-refractivity contribution in [3.8, 4) is 6.07 Å². The van der Waals surface area contributed by atoms with E-state index in [1.165, 1.54) is 0 Å². The van der Waals surface area contributed by atoms with Crippen molar-refractivity contribution in [3.05, 3.63) is 35.9 Å². The van der Waals surface area contributed by atoms with E-state index in [0.717, 1.165) is 5.56 Å². The summed E-state index contributed by atoms with van der Waals surface area (Å²) in [6.45, 7) is 3.85. The molecule has 0 saturated carbocycles. The molecule has 2 unspecified atom stereocenters. The summed E-state index contributed by atoms with van der Waals surface area (Å²) in [5.74, 6) is -0.295. The van der Waals surface area contributed by atoms with Crippen molar-refractivity contribution in [2.45, 2.75) is 32.4 Å². The van der Waals surface area contributed by atoms with Gasteiger partial charge in [-0.2, -0.15) is 5.26 Å². The van der Waals surface area contributed by atoms with E-state index in [1.807, 2.05) is 44.2 Å². The summed E-state index contributed by atoms with van der Waals surface area (Å²) in [7, 11) is 0. The molecule has 0 bridgehead atoms. The number of nitrogens with two attached hydrogens (primary N) is 1. The first-order valence-electron chi connectivity index (χ1n) is 6.03. The number of nitrogens with one attached hydrogen (secondary N) is 1. The molecular formula is C14H19N3O. The van der Waals surface area contributed by atoms with Crippen molar-refractivity contribution in [1.82, 2.24) is 5.32 Å². The van der Waals surface area contributed by atoms with Crippen LogP contribution in [0.3, 0.4) is 0 Å². The molecule has 4 heteroatoms. The molecule has 4 nitrogen and oxygen atoms in total. The van der Waals surface area contributed by atoms with Gasteiger partial charge >= 0.3 is 0 Å². The van der Waals surface area contributed by atoms with Crippen LogP contribution in [0.15, 0.2) is 30.3 Å². The Balaban J connectivity index is 2.87. The lowest BCUT2D eigenvalue weighted by Crippen LogP contribution is -2.46. The fourth-order valence-corrected chi connectivity index (χ4v) is 1.87. The Morgan fingerprint density at radius 3 is 2.44 bits per heavy atom. The van der Waals surface area contributed by atoms with E-state index in [1.54, 1.807) is 0 Å². The van der Waals surface area contributed by atoms with Gasteiger partial charge in [-0.15, -0.1) is 0 Å². The van der Waals surface area contributed by atoms with E-state index in [9.17, 15) is 4.79 Å².